The average molecular weight is 362 g/mol. The van der Waals surface area contributed by atoms with Gasteiger partial charge in [0.05, 0.1) is 32.4 Å². The number of fused-ring (bicyclic) bond motifs is 1. The van der Waals surface area contributed by atoms with E-state index in [2.05, 4.69) is 15.9 Å². The van der Waals surface area contributed by atoms with E-state index in [1.807, 2.05) is 42.5 Å². The van der Waals surface area contributed by atoms with Gasteiger partial charge in [-0.15, -0.1) is 0 Å². The van der Waals surface area contributed by atoms with Crippen molar-refractivity contribution >= 4 is 27.5 Å². The third kappa shape index (κ3) is 3.09. The first-order chi connectivity index (χ1) is 10.7. The molecule has 2 aromatic carbocycles. The standard InChI is InChI=1S/C17H16BrNO3/c1-21-14-5-2-12(3-6-14)11-19-15-7-4-13(18)10-16(15)22-9-8-17(19)20/h2-7,10H,8-9,11H2,1H3. The molecule has 4 nitrogen and oxygen atoms in total. The van der Waals surface area contributed by atoms with Crippen LogP contribution in [0.15, 0.2) is 46.9 Å². The SMILES string of the molecule is COc1ccc(CN2C(=O)CCOc3cc(Br)ccc32)cc1. The molecule has 2 aromatic rings. The normalized spacial score (nSPS) is 14.1. The zero-order valence-electron chi connectivity index (χ0n) is 12.2. The summed E-state index contributed by atoms with van der Waals surface area (Å²) in [5.41, 5.74) is 1.85. The Balaban J connectivity index is 1.92. The molecule has 3 rings (SSSR count). The van der Waals surface area contributed by atoms with E-state index >= 15 is 0 Å². The summed E-state index contributed by atoms with van der Waals surface area (Å²) < 4.78 is 11.8. The summed E-state index contributed by atoms with van der Waals surface area (Å²) in [5.74, 6) is 1.60. The Hall–Kier alpha value is -2.01. The fourth-order valence-electron chi connectivity index (χ4n) is 2.43. The van der Waals surface area contributed by atoms with Crippen LogP contribution < -0.4 is 14.4 Å². The van der Waals surface area contributed by atoms with E-state index in [-0.39, 0.29) is 5.91 Å². The van der Waals surface area contributed by atoms with Crippen molar-refractivity contribution in [2.45, 2.75) is 13.0 Å². The Bertz CT molecular complexity index is 685. The lowest BCUT2D eigenvalue weighted by Gasteiger charge is -2.22. The Morgan fingerprint density at radius 3 is 2.73 bits per heavy atom. The molecule has 0 saturated carbocycles. The first-order valence-electron chi connectivity index (χ1n) is 7.03. The molecule has 0 unspecified atom stereocenters. The largest absolute Gasteiger partial charge is 0.497 e. The van der Waals surface area contributed by atoms with E-state index in [0.29, 0.717) is 19.6 Å². The number of nitrogens with zero attached hydrogens (tertiary/aromatic N) is 1. The van der Waals surface area contributed by atoms with Crippen molar-refractivity contribution in [1.82, 2.24) is 0 Å². The van der Waals surface area contributed by atoms with Crippen LogP contribution in [0.5, 0.6) is 11.5 Å². The first-order valence-corrected chi connectivity index (χ1v) is 7.82. The quantitative estimate of drug-likeness (QED) is 0.834. The number of halogens is 1. The van der Waals surface area contributed by atoms with Crippen molar-refractivity contribution < 1.29 is 14.3 Å². The number of ether oxygens (including phenoxy) is 2. The van der Waals surface area contributed by atoms with Gasteiger partial charge in [0.25, 0.3) is 0 Å². The van der Waals surface area contributed by atoms with Crippen LogP contribution in [-0.4, -0.2) is 19.6 Å². The van der Waals surface area contributed by atoms with Crippen molar-refractivity contribution in [1.29, 1.82) is 0 Å². The van der Waals surface area contributed by atoms with Gasteiger partial charge in [0.1, 0.15) is 11.5 Å². The summed E-state index contributed by atoms with van der Waals surface area (Å²) in [7, 11) is 1.64. The van der Waals surface area contributed by atoms with Crippen LogP contribution in [0.2, 0.25) is 0 Å². The molecule has 0 bridgehead atoms. The lowest BCUT2D eigenvalue weighted by molar-refractivity contribution is -0.118. The van der Waals surface area contributed by atoms with Gasteiger partial charge in [0.2, 0.25) is 5.91 Å². The van der Waals surface area contributed by atoms with E-state index in [1.54, 1.807) is 12.0 Å². The van der Waals surface area contributed by atoms with E-state index in [1.165, 1.54) is 0 Å². The zero-order valence-corrected chi connectivity index (χ0v) is 13.8. The summed E-state index contributed by atoms with van der Waals surface area (Å²) in [4.78, 5) is 14.2. The molecule has 0 saturated heterocycles. The van der Waals surface area contributed by atoms with Crippen LogP contribution in [0, 0.1) is 0 Å². The highest BCUT2D eigenvalue weighted by molar-refractivity contribution is 9.10. The second-order valence-corrected chi connectivity index (χ2v) is 5.95. The van der Waals surface area contributed by atoms with Gasteiger partial charge >= 0.3 is 0 Å². The lowest BCUT2D eigenvalue weighted by Crippen LogP contribution is -2.29. The average Bonchev–Trinajstić information content (AvgIpc) is 2.67. The molecule has 114 valence electrons. The Morgan fingerprint density at radius 1 is 1.23 bits per heavy atom. The van der Waals surface area contributed by atoms with E-state index in [9.17, 15) is 4.79 Å². The van der Waals surface area contributed by atoms with Crippen LogP contribution in [0.4, 0.5) is 5.69 Å². The van der Waals surface area contributed by atoms with Crippen molar-refractivity contribution in [2.75, 3.05) is 18.6 Å². The molecule has 1 aliphatic rings. The Labute approximate surface area is 137 Å². The van der Waals surface area contributed by atoms with E-state index in [4.69, 9.17) is 9.47 Å². The highest BCUT2D eigenvalue weighted by Gasteiger charge is 2.23. The monoisotopic (exact) mass is 361 g/mol. The van der Waals surface area contributed by atoms with Crippen LogP contribution >= 0.6 is 15.9 Å². The molecule has 0 spiro atoms. The van der Waals surface area contributed by atoms with Gasteiger partial charge < -0.3 is 14.4 Å². The van der Waals surface area contributed by atoms with Gasteiger partial charge in [-0.1, -0.05) is 28.1 Å². The molecule has 22 heavy (non-hydrogen) atoms. The molecule has 0 radical (unpaired) electrons. The highest BCUT2D eigenvalue weighted by Crippen LogP contribution is 2.35. The molecular formula is C17H16BrNO3. The molecule has 5 heteroatoms. The minimum absolute atomic E-state index is 0.0666. The number of hydrogen-bond acceptors (Lipinski definition) is 3. The van der Waals surface area contributed by atoms with Crippen LogP contribution in [0.1, 0.15) is 12.0 Å². The molecule has 1 aliphatic heterocycles. The fourth-order valence-corrected chi connectivity index (χ4v) is 2.77. The minimum Gasteiger partial charge on any atom is -0.497 e. The molecule has 1 heterocycles. The molecular weight excluding hydrogens is 346 g/mol. The van der Waals surface area contributed by atoms with Crippen LogP contribution in [0.25, 0.3) is 0 Å². The van der Waals surface area contributed by atoms with Crippen molar-refractivity contribution in [3.05, 3.63) is 52.5 Å². The summed E-state index contributed by atoms with van der Waals surface area (Å²) >= 11 is 3.44. The van der Waals surface area contributed by atoms with Gasteiger partial charge in [0.15, 0.2) is 0 Å². The number of hydrogen-bond donors (Lipinski definition) is 0. The number of methoxy groups -OCH3 is 1. The first kappa shape index (κ1) is 14.9. The second-order valence-electron chi connectivity index (χ2n) is 5.04. The summed E-state index contributed by atoms with van der Waals surface area (Å²) in [6.45, 7) is 0.919. The maximum atomic E-state index is 12.4. The molecule has 0 aromatic heterocycles. The Morgan fingerprint density at radius 2 is 2.00 bits per heavy atom. The van der Waals surface area contributed by atoms with Crippen LogP contribution in [-0.2, 0) is 11.3 Å². The number of amides is 1. The van der Waals surface area contributed by atoms with Gasteiger partial charge in [0, 0.05) is 4.47 Å². The fraction of sp³-hybridized carbons (Fsp3) is 0.235. The van der Waals surface area contributed by atoms with Crippen molar-refractivity contribution in [3.8, 4) is 11.5 Å². The van der Waals surface area contributed by atoms with Crippen LogP contribution in [0.3, 0.4) is 0 Å². The number of carbonyl (C=O) groups is 1. The summed E-state index contributed by atoms with van der Waals surface area (Å²) in [6.07, 6.45) is 0.377. The number of benzene rings is 2. The molecule has 1 amide bonds. The Kier molecular flexibility index (Phi) is 4.34. The molecule has 0 fully saturated rings. The minimum atomic E-state index is 0.0666. The molecule has 0 atom stereocenters. The third-order valence-electron chi connectivity index (χ3n) is 3.59. The van der Waals surface area contributed by atoms with Crippen molar-refractivity contribution in [2.24, 2.45) is 0 Å². The highest BCUT2D eigenvalue weighted by atomic mass is 79.9. The smallest absolute Gasteiger partial charge is 0.230 e. The predicted molar refractivity (Wildman–Crippen MR) is 88.4 cm³/mol. The van der Waals surface area contributed by atoms with E-state index in [0.717, 1.165) is 27.2 Å². The molecule has 0 N–H and O–H groups in total. The maximum Gasteiger partial charge on any atom is 0.230 e. The van der Waals surface area contributed by atoms with Gasteiger partial charge in [-0.3, -0.25) is 4.79 Å². The number of carbonyl (C=O) groups excluding carboxylic acids is 1. The zero-order chi connectivity index (χ0) is 15.5. The third-order valence-corrected chi connectivity index (χ3v) is 4.08. The van der Waals surface area contributed by atoms with E-state index < -0.39 is 0 Å². The second kappa shape index (κ2) is 6.40. The topological polar surface area (TPSA) is 38.8 Å². The van der Waals surface area contributed by atoms with Gasteiger partial charge in [-0.2, -0.15) is 0 Å². The summed E-state index contributed by atoms with van der Waals surface area (Å²) in [6, 6.07) is 13.5. The maximum absolute atomic E-state index is 12.4. The number of rotatable bonds is 3. The molecule has 0 aliphatic carbocycles. The van der Waals surface area contributed by atoms with Crippen molar-refractivity contribution in [3.63, 3.8) is 0 Å². The van der Waals surface area contributed by atoms with Gasteiger partial charge in [-0.05, 0) is 35.9 Å². The summed E-state index contributed by atoms with van der Waals surface area (Å²) in [5, 5.41) is 0. The number of anilines is 1. The lowest BCUT2D eigenvalue weighted by atomic mass is 10.1. The van der Waals surface area contributed by atoms with Gasteiger partial charge in [-0.25, -0.2) is 0 Å². The predicted octanol–water partition coefficient (Wildman–Crippen LogP) is 3.77.